The Labute approximate surface area is 169 Å². The van der Waals surface area contributed by atoms with Crippen LogP contribution < -0.4 is 0 Å². The first-order chi connectivity index (χ1) is 13.3. The molecule has 3 rings (SSSR count). The van der Waals surface area contributed by atoms with E-state index in [1.54, 1.807) is 4.90 Å². The molecule has 0 atom stereocenters. The minimum Gasteiger partial charge on any atom is -0.459 e. The molecular weight excluding hydrogens is 376 g/mol. The van der Waals surface area contributed by atoms with Gasteiger partial charge in [-0.05, 0) is 33.6 Å². The van der Waals surface area contributed by atoms with Gasteiger partial charge in [0.25, 0.3) is 0 Å². The monoisotopic (exact) mass is 402 g/mol. The fourth-order valence-corrected chi connectivity index (χ4v) is 3.78. The number of benzene rings is 1. The van der Waals surface area contributed by atoms with Crippen LogP contribution in [-0.2, 0) is 20.9 Å². The van der Waals surface area contributed by atoms with Crippen molar-refractivity contribution in [1.82, 2.24) is 9.88 Å². The largest absolute Gasteiger partial charge is 0.459 e. The van der Waals surface area contributed by atoms with E-state index in [1.807, 2.05) is 56.5 Å². The summed E-state index contributed by atoms with van der Waals surface area (Å²) in [5, 5.41) is 2.83. The van der Waals surface area contributed by atoms with Crippen molar-refractivity contribution in [3.63, 3.8) is 0 Å². The Hall–Kier alpha value is -2.41. The standard InChI is InChI=1S/C21H26N2O4S/c1-21(2,3)27-20(25)23-11-9-16(10-12-23)19(24)26-13-17-14-28-18(22-17)15-7-5-4-6-8-15/h4-8,14,16H,9-13H2,1-3H3. The molecule has 1 aromatic carbocycles. The molecule has 1 fully saturated rings. The second-order valence-corrected chi connectivity index (χ2v) is 8.72. The minimum atomic E-state index is -0.515. The Morgan fingerprint density at radius 2 is 1.86 bits per heavy atom. The number of piperidine rings is 1. The van der Waals surface area contributed by atoms with Crippen LogP contribution in [0.3, 0.4) is 0 Å². The van der Waals surface area contributed by atoms with E-state index in [1.165, 1.54) is 11.3 Å². The third-order valence-corrected chi connectivity index (χ3v) is 5.35. The number of hydrogen-bond donors (Lipinski definition) is 0. The number of likely N-dealkylation sites (tertiary alicyclic amines) is 1. The van der Waals surface area contributed by atoms with Gasteiger partial charge in [0.15, 0.2) is 0 Å². The number of hydrogen-bond acceptors (Lipinski definition) is 6. The third kappa shape index (κ3) is 5.55. The van der Waals surface area contributed by atoms with Crippen LogP contribution in [0.2, 0.25) is 0 Å². The lowest BCUT2D eigenvalue weighted by Crippen LogP contribution is -2.43. The van der Waals surface area contributed by atoms with Crippen LogP contribution >= 0.6 is 11.3 Å². The van der Waals surface area contributed by atoms with Gasteiger partial charge < -0.3 is 14.4 Å². The van der Waals surface area contributed by atoms with Gasteiger partial charge in [0.1, 0.15) is 17.2 Å². The summed E-state index contributed by atoms with van der Waals surface area (Å²) in [6.07, 6.45) is 0.852. The average Bonchev–Trinajstić information content (AvgIpc) is 3.15. The zero-order valence-electron chi connectivity index (χ0n) is 16.5. The van der Waals surface area contributed by atoms with Crippen molar-refractivity contribution in [3.8, 4) is 10.6 Å². The fraction of sp³-hybridized carbons (Fsp3) is 0.476. The number of carbonyl (C=O) groups is 2. The topological polar surface area (TPSA) is 68.7 Å². The Morgan fingerprint density at radius 3 is 2.50 bits per heavy atom. The molecule has 0 radical (unpaired) electrons. The molecule has 7 heteroatoms. The van der Waals surface area contributed by atoms with Gasteiger partial charge in [0.2, 0.25) is 0 Å². The Kier molecular flexibility index (Phi) is 6.34. The van der Waals surface area contributed by atoms with Crippen molar-refractivity contribution in [1.29, 1.82) is 0 Å². The SMILES string of the molecule is CC(C)(C)OC(=O)N1CCC(C(=O)OCc2csc(-c3ccccc3)n2)CC1. The van der Waals surface area contributed by atoms with Gasteiger partial charge in [0.05, 0.1) is 11.6 Å². The summed E-state index contributed by atoms with van der Waals surface area (Å²) in [6.45, 7) is 6.71. The Bertz CT molecular complexity index is 805. The van der Waals surface area contributed by atoms with E-state index in [0.29, 0.717) is 25.9 Å². The predicted octanol–water partition coefficient (Wildman–Crippen LogP) is 4.50. The van der Waals surface area contributed by atoms with Gasteiger partial charge in [0, 0.05) is 24.0 Å². The zero-order chi connectivity index (χ0) is 20.1. The van der Waals surface area contributed by atoms with Gasteiger partial charge >= 0.3 is 12.1 Å². The molecule has 0 unspecified atom stereocenters. The maximum atomic E-state index is 12.4. The van der Waals surface area contributed by atoms with Gasteiger partial charge in [-0.1, -0.05) is 30.3 Å². The fourth-order valence-electron chi connectivity index (χ4n) is 2.97. The van der Waals surface area contributed by atoms with E-state index < -0.39 is 5.60 Å². The van der Waals surface area contributed by atoms with Crippen molar-refractivity contribution >= 4 is 23.4 Å². The maximum Gasteiger partial charge on any atom is 0.410 e. The average molecular weight is 403 g/mol. The molecule has 0 bridgehead atoms. The van der Waals surface area contributed by atoms with E-state index >= 15 is 0 Å². The lowest BCUT2D eigenvalue weighted by atomic mass is 9.97. The number of thiazole rings is 1. The number of rotatable bonds is 4. The van der Waals surface area contributed by atoms with E-state index in [-0.39, 0.29) is 24.6 Å². The van der Waals surface area contributed by atoms with Crippen LogP contribution in [-0.4, -0.2) is 40.6 Å². The van der Waals surface area contributed by atoms with E-state index in [0.717, 1.165) is 16.3 Å². The molecule has 0 aliphatic carbocycles. The molecule has 1 aliphatic rings. The summed E-state index contributed by atoms with van der Waals surface area (Å²) < 4.78 is 10.8. The molecule has 1 amide bonds. The summed E-state index contributed by atoms with van der Waals surface area (Å²) in [5.41, 5.74) is 1.29. The van der Waals surface area contributed by atoms with Gasteiger partial charge in [-0.25, -0.2) is 9.78 Å². The summed E-state index contributed by atoms with van der Waals surface area (Å²) in [7, 11) is 0. The highest BCUT2D eigenvalue weighted by atomic mass is 32.1. The molecule has 1 aliphatic heterocycles. The first-order valence-electron chi connectivity index (χ1n) is 9.46. The molecule has 2 aromatic rings. The predicted molar refractivity (Wildman–Crippen MR) is 108 cm³/mol. The molecule has 1 saturated heterocycles. The molecular formula is C21H26N2O4S. The van der Waals surface area contributed by atoms with E-state index in [4.69, 9.17) is 9.47 Å². The molecule has 150 valence electrons. The molecule has 0 saturated carbocycles. The normalized spacial score (nSPS) is 15.3. The molecule has 0 N–H and O–H groups in total. The summed E-state index contributed by atoms with van der Waals surface area (Å²) in [5.74, 6) is -0.413. The highest BCUT2D eigenvalue weighted by Gasteiger charge is 2.30. The van der Waals surface area contributed by atoms with Gasteiger partial charge in [-0.3, -0.25) is 4.79 Å². The first kappa shape index (κ1) is 20.3. The number of esters is 1. The smallest absolute Gasteiger partial charge is 0.410 e. The number of amides is 1. The molecule has 6 nitrogen and oxygen atoms in total. The third-order valence-electron chi connectivity index (χ3n) is 4.41. The second-order valence-electron chi connectivity index (χ2n) is 7.86. The maximum absolute atomic E-state index is 12.4. The minimum absolute atomic E-state index is 0.175. The van der Waals surface area contributed by atoms with E-state index in [9.17, 15) is 9.59 Å². The number of aromatic nitrogens is 1. The van der Waals surface area contributed by atoms with Crippen molar-refractivity contribution in [2.45, 2.75) is 45.8 Å². The van der Waals surface area contributed by atoms with Crippen molar-refractivity contribution in [2.24, 2.45) is 5.92 Å². The second kappa shape index (κ2) is 8.73. The summed E-state index contributed by atoms with van der Waals surface area (Å²) in [4.78, 5) is 30.7. The molecule has 1 aromatic heterocycles. The lowest BCUT2D eigenvalue weighted by Gasteiger charge is -2.32. The van der Waals surface area contributed by atoms with Crippen molar-refractivity contribution in [3.05, 3.63) is 41.4 Å². The number of ether oxygens (including phenoxy) is 2. The molecule has 2 heterocycles. The first-order valence-corrected chi connectivity index (χ1v) is 10.3. The molecule has 0 spiro atoms. The number of nitrogens with zero attached hydrogens (tertiary/aromatic N) is 2. The summed E-state index contributed by atoms with van der Waals surface area (Å²) in [6, 6.07) is 9.92. The zero-order valence-corrected chi connectivity index (χ0v) is 17.3. The quantitative estimate of drug-likeness (QED) is 0.704. The van der Waals surface area contributed by atoms with Crippen molar-refractivity contribution < 1.29 is 19.1 Å². The summed E-state index contributed by atoms with van der Waals surface area (Å²) >= 11 is 1.54. The highest BCUT2D eigenvalue weighted by Crippen LogP contribution is 2.25. The number of carbonyl (C=O) groups excluding carboxylic acids is 2. The van der Waals surface area contributed by atoms with E-state index in [2.05, 4.69) is 4.98 Å². The Balaban J connectivity index is 1.45. The van der Waals surface area contributed by atoms with Gasteiger partial charge in [-0.15, -0.1) is 11.3 Å². The Morgan fingerprint density at radius 1 is 1.18 bits per heavy atom. The van der Waals surface area contributed by atoms with Gasteiger partial charge in [-0.2, -0.15) is 0 Å². The highest BCUT2D eigenvalue weighted by molar-refractivity contribution is 7.13. The van der Waals surface area contributed by atoms with Crippen molar-refractivity contribution in [2.75, 3.05) is 13.1 Å². The van der Waals surface area contributed by atoms with Crippen LogP contribution in [0, 0.1) is 5.92 Å². The van der Waals surface area contributed by atoms with Crippen LogP contribution in [0.1, 0.15) is 39.3 Å². The van der Waals surface area contributed by atoms with Crippen LogP contribution in [0.4, 0.5) is 4.79 Å². The molecule has 28 heavy (non-hydrogen) atoms. The van der Waals surface area contributed by atoms with Crippen LogP contribution in [0.25, 0.3) is 10.6 Å². The van der Waals surface area contributed by atoms with Crippen LogP contribution in [0.5, 0.6) is 0 Å². The lowest BCUT2D eigenvalue weighted by molar-refractivity contribution is -0.151. The van der Waals surface area contributed by atoms with Crippen LogP contribution in [0.15, 0.2) is 35.7 Å².